The van der Waals surface area contributed by atoms with Gasteiger partial charge in [0.1, 0.15) is 5.41 Å². The van der Waals surface area contributed by atoms with Crippen LogP contribution in [0, 0.1) is 5.41 Å². The maximum atomic E-state index is 11.0. The van der Waals surface area contributed by atoms with E-state index >= 15 is 0 Å². The summed E-state index contributed by atoms with van der Waals surface area (Å²) in [6, 6.07) is 0. The second-order valence-electron chi connectivity index (χ2n) is 3.09. The van der Waals surface area contributed by atoms with Gasteiger partial charge in [-0.25, -0.2) is 4.79 Å². The van der Waals surface area contributed by atoms with Crippen molar-refractivity contribution in [3.05, 3.63) is 12.2 Å². The number of carboxylic acid groups (broad SMARTS) is 2. The minimum atomic E-state index is -1.80. The van der Waals surface area contributed by atoms with Gasteiger partial charge in [0.25, 0.3) is 0 Å². The highest BCUT2D eigenvalue weighted by atomic mass is 16.4. The van der Waals surface area contributed by atoms with Crippen LogP contribution in [0.1, 0.15) is 20.3 Å². The van der Waals surface area contributed by atoms with Crippen LogP contribution in [-0.2, 0) is 9.59 Å². The van der Waals surface area contributed by atoms with Gasteiger partial charge in [-0.3, -0.25) is 4.79 Å². The number of hydrogen-bond acceptors (Lipinski definition) is 3. The second-order valence-corrected chi connectivity index (χ2v) is 3.09. The van der Waals surface area contributed by atoms with Crippen LogP contribution in [0.2, 0.25) is 0 Å². The van der Waals surface area contributed by atoms with Crippen molar-refractivity contribution >= 4 is 11.9 Å². The van der Waals surface area contributed by atoms with Gasteiger partial charge in [-0.2, -0.15) is 0 Å². The molecule has 0 aliphatic rings. The van der Waals surface area contributed by atoms with Crippen molar-refractivity contribution < 1.29 is 24.9 Å². The summed E-state index contributed by atoms with van der Waals surface area (Å²) in [6.07, 6.45) is -1.32. The monoisotopic (exact) mass is 202 g/mol. The third-order valence-electron chi connectivity index (χ3n) is 2.45. The quantitative estimate of drug-likeness (QED) is 0.564. The standard InChI is InChI=1S/C9H14O5/c1-4-9(6(3)10,8(13)14)5(2)7(11)12/h6,10H,2,4H2,1,3H3,(H,11,12)(H,13,14). The molecule has 0 aromatic rings. The van der Waals surface area contributed by atoms with E-state index in [-0.39, 0.29) is 6.42 Å². The first kappa shape index (κ1) is 12.6. The molecule has 0 saturated carbocycles. The van der Waals surface area contributed by atoms with E-state index in [1.165, 1.54) is 13.8 Å². The average molecular weight is 202 g/mol. The molecule has 0 fully saturated rings. The van der Waals surface area contributed by atoms with E-state index in [1.54, 1.807) is 0 Å². The Bertz CT molecular complexity index is 268. The van der Waals surface area contributed by atoms with Gasteiger partial charge in [0.05, 0.1) is 6.10 Å². The number of aliphatic carboxylic acids is 2. The molecule has 0 rings (SSSR count). The summed E-state index contributed by atoms with van der Waals surface area (Å²) < 4.78 is 0. The Labute approximate surface area is 81.7 Å². The van der Waals surface area contributed by atoms with E-state index in [0.29, 0.717) is 0 Å². The Morgan fingerprint density at radius 2 is 1.86 bits per heavy atom. The molecular weight excluding hydrogens is 188 g/mol. The Kier molecular flexibility index (Phi) is 3.82. The maximum Gasteiger partial charge on any atom is 0.332 e. The van der Waals surface area contributed by atoms with E-state index in [0.717, 1.165) is 0 Å². The van der Waals surface area contributed by atoms with Crippen LogP contribution in [0.25, 0.3) is 0 Å². The smallest absolute Gasteiger partial charge is 0.332 e. The van der Waals surface area contributed by atoms with Gasteiger partial charge >= 0.3 is 11.9 Å². The fourth-order valence-electron chi connectivity index (χ4n) is 1.41. The summed E-state index contributed by atoms with van der Waals surface area (Å²) in [4.78, 5) is 21.6. The minimum Gasteiger partial charge on any atom is -0.480 e. The van der Waals surface area contributed by atoms with E-state index in [2.05, 4.69) is 6.58 Å². The molecule has 0 spiro atoms. The molecular formula is C9H14O5. The molecule has 0 aliphatic heterocycles. The first-order valence-electron chi connectivity index (χ1n) is 4.14. The summed E-state index contributed by atoms with van der Waals surface area (Å²) in [7, 11) is 0. The number of carboxylic acids is 2. The van der Waals surface area contributed by atoms with Gasteiger partial charge in [-0.1, -0.05) is 13.5 Å². The Morgan fingerprint density at radius 3 is 1.93 bits per heavy atom. The number of rotatable bonds is 5. The van der Waals surface area contributed by atoms with E-state index in [4.69, 9.17) is 10.2 Å². The molecule has 0 radical (unpaired) electrons. The van der Waals surface area contributed by atoms with E-state index < -0.39 is 29.0 Å². The minimum absolute atomic E-state index is 0.0227. The largest absolute Gasteiger partial charge is 0.480 e. The summed E-state index contributed by atoms with van der Waals surface area (Å²) in [5, 5.41) is 26.9. The molecule has 0 saturated heterocycles. The van der Waals surface area contributed by atoms with Crippen LogP contribution < -0.4 is 0 Å². The topological polar surface area (TPSA) is 94.8 Å². The molecule has 0 aromatic carbocycles. The van der Waals surface area contributed by atoms with Gasteiger partial charge in [0, 0.05) is 5.57 Å². The molecule has 0 heterocycles. The predicted molar refractivity (Wildman–Crippen MR) is 48.8 cm³/mol. The number of hydrogen-bond donors (Lipinski definition) is 3. The number of carbonyl (C=O) groups is 2. The highest BCUT2D eigenvalue weighted by Gasteiger charge is 2.47. The predicted octanol–water partition coefficient (Wildman–Crippen LogP) is 0.489. The van der Waals surface area contributed by atoms with E-state index in [1.807, 2.05) is 0 Å². The van der Waals surface area contributed by atoms with Crippen molar-refractivity contribution in [3.8, 4) is 0 Å². The fraction of sp³-hybridized carbons (Fsp3) is 0.556. The summed E-state index contributed by atoms with van der Waals surface area (Å²) in [5.41, 5.74) is -2.30. The first-order chi connectivity index (χ1) is 6.30. The van der Waals surface area contributed by atoms with Crippen molar-refractivity contribution in [2.75, 3.05) is 0 Å². The lowest BCUT2D eigenvalue weighted by Gasteiger charge is -2.30. The lowest BCUT2D eigenvalue weighted by molar-refractivity contribution is -0.156. The van der Waals surface area contributed by atoms with Crippen LogP contribution >= 0.6 is 0 Å². The molecule has 2 atom stereocenters. The van der Waals surface area contributed by atoms with Crippen molar-refractivity contribution in [2.45, 2.75) is 26.4 Å². The number of aliphatic hydroxyl groups is 1. The zero-order chi connectivity index (χ0) is 11.5. The molecule has 3 N–H and O–H groups in total. The molecule has 0 aromatic heterocycles. The maximum absolute atomic E-state index is 11.0. The molecule has 14 heavy (non-hydrogen) atoms. The normalized spacial score (nSPS) is 16.8. The Morgan fingerprint density at radius 1 is 1.43 bits per heavy atom. The highest BCUT2D eigenvalue weighted by molar-refractivity contribution is 5.96. The zero-order valence-corrected chi connectivity index (χ0v) is 8.15. The van der Waals surface area contributed by atoms with E-state index in [9.17, 15) is 14.7 Å². The lowest BCUT2D eigenvalue weighted by atomic mass is 9.74. The average Bonchev–Trinajstić information content (AvgIpc) is 2.04. The van der Waals surface area contributed by atoms with Crippen molar-refractivity contribution in [2.24, 2.45) is 5.41 Å². The summed E-state index contributed by atoms with van der Waals surface area (Å²) >= 11 is 0. The highest BCUT2D eigenvalue weighted by Crippen LogP contribution is 2.34. The van der Waals surface area contributed by atoms with Crippen molar-refractivity contribution in [1.29, 1.82) is 0 Å². The van der Waals surface area contributed by atoms with Crippen molar-refractivity contribution in [3.63, 3.8) is 0 Å². The van der Waals surface area contributed by atoms with Crippen LogP contribution in [0.4, 0.5) is 0 Å². The van der Waals surface area contributed by atoms with Gasteiger partial charge in [0.2, 0.25) is 0 Å². The molecule has 0 amide bonds. The summed E-state index contributed by atoms with van der Waals surface area (Å²) in [6.45, 7) is 5.94. The van der Waals surface area contributed by atoms with Gasteiger partial charge in [-0.15, -0.1) is 0 Å². The lowest BCUT2D eigenvalue weighted by Crippen LogP contribution is -2.44. The molecule has 0 aliphatic carbocycles. The van der Waals surface area contributed by atoms with Gasteiger partial charge < -0.3 is 15.3 Å². The number of aliphatic hydroxyl groups excluding tert-OH is 1. The van der Waals surface area contributed by atoms with Crippen LogP contribution in [-0.4, -0.2) is 33.4 Å². The van der Waals surface area contributed by atoms with Gasteiger partial charge in [-0.05, 0) is 13.3 Å². The van der Waals surface area contributed by atoms with Gasteiger partial charge in [0.15, 0.2) is 0 Å². The molecule has 5 nitrogen and oxygen atoms in total. The Hall–Kier alpha value is -1.36. The molecule has 0 bridgehead atoms. The molecule has 2 unspecified atom stereocenters. The first-order valence-corrected chi connectivity index (χ1v) is 4.14. The van der Waals surface area contributed by atoms with Crippen LogP contribution in [0.5, 0.6) is 0 Å². The second kappa shape index (κ2) is 4.23. The van der Waals surface area contributed by atoms with Crippen LogP contribution in [0.15, 0.2) is 12.2 Å². The SMILES string of the molecule is C=C(C(=O)O)C(CC)(C(=O)O)C(C)O. The zero-order valence-electron chi connectivity index (χ0n) is 8.15. The Balaban J connectivity index is 5.37. The summed E-state index contributed by atoms with van der Waals surface area (Å²) in [5.74, 6) is -2.78. The molecule has 80 valence electrons. The van der Waals surface area contributed by atoms with Crippen molar-refractivity contribution in [1.82, 2.24) is 0 Å². The van der Waals surface area contributed by atoms with Crippen LogP contribution in [0.3, 0.4) is 0 Å². The third-order valence-corrected chi connectivity index (χ3v) is 2.45. The fourth-order valence-corrected chi connectivity index (χ4v) is 1.41. The molecule has 5 heteroatoms. The third kappa shape index (κ3) is 1.77.